The number of rotatable bonds is 1. The monoisotopic (exact) mass is 229 g/mol. The molecule has 3 nitrogen and oxygen atoms in total. The van der Waals surface area contributed by atoms with E-state index >= 15 is 0 Å². The molecule has 0 aliphatic rings. The minimum absolute atomic E-state index is 0.925. The minimum atomic E-state index is 0.925. The number of halogens is 1. The first-order valence-corrected chi connectivity index (χ1v) is 4.44. The third-order valence-electron chi connectivity index (χ3n) is 1.53. The first kappa shape index (κ1) is 9.32. The molecule has 0 unspecified atom stereocenters. The lowest BCUT2D eigenvalue weighted by Gasteiger charge is -2.18. The summed E-state index contributed by atoms with van der Waals surface area (Å²) < 4.78 is 2.97. The van der Waals surface area contributed by atoms with Crippen molar-refractivity contribution in [1.82, 2.24) is 4.68 Å². The molecule has 1 heterocycles. The van der Waals surface area contributed by atoms with E-state index in [2.05, 4.69) is 20.9 Å². The van der Waals surface area contributed by atoms with Crippen molar-refractivity contribution in [2.45, 2.75) is 0 Å². The van der Waals surface area contributed by atoms with Gasteiger partial charge in [0.2, 0.25) is 0 Å². The van der Waals surface area contributed by atoms with Gasteiger partial charge < -0.3 is 5.01 Å². The number of aromatic nitrogens is 1. The molecular weight excluding hydrogens is 218 g/mol. The Labute approximate surface area is 80.4 Å². The second kappa shape index (κ2) is 3.76. The van der Waals surface area contributed by atoms with E-state index in [1.165, 1.54) is 0 Å². The van der Waals surface area contributed by atoms with E-state index in [0.29, 0.717) is 0 Å². The number of hydrogen-bond donors (Lipinski definition) is 0. The first-order valence-electron chi connectivity index (χ1n) is 3.65. The number of hydrogen-bond acceptors (Lipinski definition) is 2. The van der Waals surface area contributed by atoms with Crippen molar-refractivity contribution < 1.29 is 0 Å². The minimum Gasteiger partial charge on any atom is -0.316 e. The molecule has 0 saturated carbocycles. The van der Waals surface area contributed by atoms with Crippen LogP contribution in [-0.2, 0) is 0 Å². The van der Waals surface area contributed by atoms with Gasteiger partial charge in [0.1, 0.15) is 10.1 Å². The standard InChI is InChI=1S/C8H12BrN3/c1-10-8-6-4-5-7(9)12(8)11(2)3/h4-6H,1-3H3. The van der Waals surface area contributed by atoms with Gasteiger partial charge in [0.05, 0.1) is 0 Å². The highest BCUT2D eigenvalue weighted by atomic mass is 79.9. The Morgan fingerprint density at radius 1 is 1.42 bits per heavy atom. The van der Waals surface area contributed by atoms with Crippen molar-refractivity contribution in [3.8, 4) is 0 Å². The smallest absolute Gasteiger partial charge is 0.147 e. The van der Waals surface area contributed by atoms with E-state index in [0.717, 1.165) is 10.1 Å². The summed E-state index contributed by atoms with van der Waals surface area (Å²) in [5, 5.41) is 1.96. The Morgan fingerprint density at radius 3 is 2.50 bits per heavy atom. The Hall–Kier alpha value is -0.770. The van der Waals surface area contributed by atoms with Gasteiger partial charge in [-0.1, -0.05) is 6.07 Å². The second-order valence-corrected chi connectivity index (χ2v) is 3.40. The molecule has 12 heavy (non-hydrogen) atoms. The van der Waals surface area contributed by atoms with Gasteiger partial charge >= 0.3 is 0 Å². The summed E-state index contributed by atoms with van der Waals surface area (Å²) in [5.41, 5.74) is 0.925. The maximum Gasteiger partial charge on any atom is 0.147 e. The van der Waals surface area contributed by atoms with Crippen LogP contribution >= 0.6 is 15.9 Å². The van der Waals surface area contributed by atoms with Gasteiger partial charge in [-0.3, -0.25) is 4.99 Å². The molecule has 0 radical (unpaired) electrons. The second-order valence-electron chi connectivity index (χ2n) is 2.59. The van der Waals surface area contributed by atoms with Crippen LogP contribution in [0.5, 0.6) is 0 Å². The van der Waals surface area contributed by atoms with Crippen molar-refractivity contribution in [3.63, 3.8) is 0 Å². The fourth-order valence-electron chi connectivity index (χ4n) is 1.03. The molecule has 0 saturated heterocycles. The van der Waals surface area contributed by atoms with Crippen LogP contribution in [0.1, 0.15) is 0 Å². The predicted octanol–water partition coefficient (Wildman–Crippen LogP) is 0.979. The highest BCUT2D eigenvalue weighted by Gasteiger charge is 1.98. The van der Waals surface area contributed by atoms with Crippen molar-refractivity contribution >= 4 is 15.9 Å². The number of pyridine rings is 1. The fourth-order valence-corrected chi connectivity index (χ4v) is 1.68. The van der Waals surface area contributed by atoms with Gasteiger partial charge in [-0.25, -0.2) is 4.68 Å². The van der Waals surface area contributed by atoms with E-state index < -0.39 is 0 Å². The summed E-state index contributed by atoms with van der Waals surface area (Å²) in [6.07, 6.45) is 0. The topological polar surface area (TPSA) is 20.5 Å². The van der Waals surface area contributed by atoms with Crippen LogP contribution in [0.25, 0.3) is 0 Å². The molecule has 1 aromatic rings. The van der Waals surface area contributed by atoms with Crippen LogP contribution in [0.3, 0.4) is 0 Å². The average Bonchev–Trinajstić information content (AvgIpc) is 2.03. The Morgan fingerprint density at radius 2 is 2.08 bits per heavy atom. The Kier molecular flexibility index (Phi) is 2.92. The van der Waals surface area contributed by atoms with Crippen LogP contribution < -0.4 is 10.5 Å². The zero-order valence-electron chi connectivity index (χ0n) is 7.45. The highest BCUT2D eigenvalue weighted by molar-refractivity contribution is 9.10. The van der Waals surface area contributed by atoms with Crippen molar-refractivity contribution in [2.24, 2.45) is 4.99 Å². The molecule has 0 spiro atoms. The van der Waals surface area contributed by atoms with Gasteiger partial charge in [-0.2, -0.15) is 0 Å². The van der Waals surface area contributed by atoms with Crippen LogP contribution in [0.15, 0.2) is 27.8 Å². The van der Waals surface area contributed by atoms with Crippen molar-refractivity contribution in [3.05, 3.63) is 28.3 Å². The summed E-state index contributed by atoms with van der Waals surface area (Å²) in [5.74, 6) is 0. The maximum absolute atomic E-state index is 4.14. The Bertz CT molecular complexity index is 327. The van der Waals surface area contributed by atoms with E-state index in [1.807, 2.05) is 42.0 Å². The normalized spacial score (nSPS) is 11.8. The Balaban J connectivity index is 3.41. The lowest BCUT2D eigenvalue weighted by atomic mass is 10.5. The quantitative estimate of drug-likeness (QED) is 0.658. The molecule has 0 aromatic carbocycles. The van der Waals surface area contributed by atoms with E-state index in [1.54, 1.807) is 7.05 Å². The highest BCUT2D eigenvalue weighted by Crippen LogP contribution is 2.04. The van der Waals surface area contributed by atoms with Gasteiger partial charge in [0, 0.05) is 21.1 Å². The van der Waals surface area contributed by atoms with E-state index in [4.69, 9.17) is 0 Å². The van der Waals surface area contributed by atoms with Crippen molar-refractivity contribution in [2.75, 3.05) is 26.2 Å². The van der Waals surface area contributed by atoms with Gasteiger partial charge in [0.15, 0.2) is 0 Å². The van der Waals surface area contributed by atoms with E-state index in [9.17, 15) is 0 Å². The van der Waals surface area contributed by atoms with Gasteiger partial charge in [-0.15, -0.1) is 0 Å². The molecule has 0 N–H and O–H groups in total. The molecule has 66 valence electrons. The maximum atomic E-state index is 4.14. The predicted molar refractivity (Wildman–Crippen MR) is 53.7 cm³/mol. The third kappa shape index (κ3) is 1.69. The first-order chi connectivity index (χ1) is 5.66. The van der Waals surface area contributed by atoms with Crippen LogP contribution in [-0.4, -0.2) is 25.8 Å². The molecule has 0 bridgehead atoms. The molecule has 0 aliphatic carbocycles. The van der Waals surface area contributed by atoms with Gasteiger partial charge in [-0.05, 0) is 28.1 Å². The molecule has 1 aromatic heterocycles. The zero-order chi connectivity index (χ0) is 9.14. The summed E-state index contributed by atoms with van der Waals surface area (Å²) in [6, 6.07) is 5.91. The number of nitrogens with zero attached hydrogens (tertiary/aromatic N) is 3. The average molecular weight is 230 g/mol. The lowest BCUT2D eigenvalue weighted by molar-refractivity contribution is 0.669. The molecule has 0 aliphatic heterocycles. The SMILES string of the molecule is CN=c1cccc(Br)n1N(C)C. The molecule has 4 heteroatoms. The third-order valence-corrected chi connectivity index (χ3v) is 2.13. The summed E-state index contributed by atoms with van der Waals surface area (Å²) in [4.78, 5) is 4.14. The summed E-state index contributed by atoms with van der Waals surface area (Å²) in [6.45, 7) is 0. The molecule has 0 atom stereocenters. The summed E-state index contributed by atoms with van der Waals surface area (Å²) >= 11 is 3.45. The van der Waals surface area contributed by atoms with Crippen LogP contribution in [0, 0.1) is 0 Å². The van der Waals surface area contributed by atoms with Crippen LogP contribution in [0.4, 0.5) is 0 Å². The van der Waals surface area contributed by atoms with Gasteiger partial charge in [0.25, 0.3) is 0 Å². The zero-order valence-corrected chi connectivity index (χ0v) is 9.04. The summed E-state index contributed by atoms with van der Waals surface area (Å²) in [7, 11) is 5.72. The molecule has 1 rings (SSSR count). The lowest BCUT2D eigenvalue weighted by Crippen LogP contribution is -2.36. The van der Waals surface area contributed by atoms with E-state index in [-0.39, 0.29) is 0 Å². The fraction of sp³-hybridized carbons (Fsp3) is 0.375. The molecule has 0 fully saturated rings. The molecular formula is C8H12BrN3. The largest absolute Gasteiger partial charge is 0.316 e. The molecule has 0 amide bonds. The van der Waals surface area contributed by atoms with Crippen LogP contribution in [0.2, 0.25) is 0 Å². The van der Waals surface area contributed by atoms with Crippen molar-refractivity contribution in [1.29, 1.82) is 0 Å².